The van der Waals surface area contributed by atoms with E-state index in [1.165, 1.54) is 0 Å². The molecule has 2 aromatic heterocycles. The molecule has 0 aliphatic rings. The number of carbonyl (C=O) groups excluding carboxylic acids is 1. The number of amides is 1. The van der Waals surface area contributed by atoms with E-state index in [0.717, 1.165) is 22.7 Å². The fraction of sp³-hybridized carbons (Fsp3) is 0.333. The van der Waals surface area contributed by atoms with Gasteiger partial charge in [-0.1, -0.05) is 17.4 Å². The number of aryl methyl sites for hydroxylation is 1. The first-order valence-electron chi connectivity index (χ1n) is 5.91. The summed E-state index contributed by atoms with van der Waals surface area (Å²) in [6.07, 6.45) is 0. The van der Waals surface area contributed by atoms with Crippen LogP contribution in [0.5, 0.6) is 0 Å². The number of pyridine rings is 1. The quantitative estimate of drug-likeness (QED) is 0.915. The predicted octanol–water partition coefficient (Wildman–Crippen LogP) is 1.49. The number of anilines is 1. The van der Waals surface area contributed by atoms with Gasteiger partial charge in [-0.25, -0.2) is 0 Å². The number of nitrogen functional groups attached to an aromatic ring is 1. The molecule has 0 aliphatic carbocycles. The monoisotopic (exact) mass is 277 g/mol. The maximum absolute atomic E-state index is 12.2. The summed E-state index contributed by atoms with van der Waals surface area (Å²) in [5.41, 5.74) is 7.28. The van der Waals surface area contributed by atoms with Crippen LogP contribution in [0.3, 0.4) is 0 Å². The van der Waals surface area contributed by atoms with Crippen LogP contribution in [0.25, 0.3) is 0 Å². The van der Waals surface area contributed by atoms with Gasteiger partial charge in [0.2, 0.25) is 10.1 Å². The number of nitrogens with two attached hydrogens (primary N) is 1. The van der Waals surface area contributed by atoms with Gasteiger partial charge in [0.25, 0.3) is 5.91 Å². The molecule has 0 fully saturated rings. The number of rotatable bonds is 4. The molecule has 0 saturated carbocycles. The molecule has 0 unspecified atom stereocenters. The van der Waals surface area contributed by atoms with Crippen LogP contribution < -0.4 is 5.73 Å². The summed E-state index contributed by atoms with van der Waals surface area (Å²) < 4.78 is 0. The fourth-order valence-corrected chi connectivity index (χ4v) is 2.24. The molecule has 6 nitrogen and oxygen atoms in total. The molecule has 7 heteroatoms. The van der Waals surface area contributed by atoms with Gasteiger partial charge in [-0.2, -0.15) is 0 Å². The second-order valence-corrected chi connectivity index (χ2v) is 5.04. The van der Waals surface area contributed by atoms with Crippen molar-refractivity contribution < 1.29 is 4.79 Å². The Hall–Kier alpha value is -2.02. The number of carbonyl (C=O) groups is 1. The molecule has 0 spiro atoms. The van der Waals surface area contributed by atoms with Gasteiger partial charge < -0.3 is 10.6 Å². The van der Waals surface area contributed by atoms with Crippen LogP contribution in [0.1, 0.15) is 28.1 Å². The molecule has 0 atom stereocenters. The van der Waals surface area contributed by atoms with Gasteiger partial charge in [-0.3, -0.25) is 9.78 Å². The summed E-state index contributed by atoms with van der Waals surface area (Å²) in [5, 5.41) is 8.05. The van der Waals surface area contributed by atoms with Crippen LogP contribution >= 0.6 is 11.3 Å². The van der Waals surface area contributed by atoms with Crippen molar-refractivity contribution in [2.75, 3.05) is 12.3 Å². The minimum atomic E-state index is -0.167. The summed E-state index contributed by atoms with van der Waals surface area (Å²) >= 11 is 1.10. The highest BCUT2D eigenvalue weighted by molar-refractivity contribution is 7.16. The molecule has 1 amide bonds. The highest BCUT2D eigenvalue weighted by atomic mass is 32.1. The van der Waals surface area contributed by atoms with Crippen LogP contribution in [0.4, 0.5) is 5.13 Å². The average molecular weight is 277 g/mol. The molecule has 0 radical (unpaired) electrons. The van der Waals surface area contributed by atoms with Crippen molar-refractivity contribution in [1.29, 1.82) is 0 Å². The fourth-order valence-electron chi connectivity index (χ4n) is 1.67. The number of hydrogen-bond acceptors (Lipinski definition) is 6. The van der Waals surface area contributed by atoms with Gasteiger partial charge >= 0.3 is 0 Å². The van der Waals surface area contributed by atoms with Gasteiger partial charge in [0.15, 0.2) is 0 Å². The molecule has 2 heterocycles. The van der Waals surface area contributed by atoms with Crippen LogP contribution in [0, 0.1) is 6.92 Å². The zero-order chi connectivity index (χ0) is 13.8. The summed E-state index contributed by atoms with van der Waals surface area (Å²) in [6, 6.07) is 5.75. The zero-order valence-corrected chi connectivity index (χ0v) is 11.6. The first kappa shape index (κ1) is 13.4. The van der Waals surface area contributed by atoms with Crippen molar-refractivity contribution in [2.24, 2.45) is 0 Å². The van der Waals surface area contributed by atoms with Gasteiger partial charge in [0.05, 0.1) is 12.2 Å². The summed E-state index contributed by atoms with van der Waals surface area (Å²) in [4.78, 5) is 18.3. The lowest BCUT2D eigenvalue weighted by atomic mass is 10.3. The third-order valence-corrected chi connectivity index (χ3v) is 3.33. The molecule has 0 bridgehead atoms. The topological polar surface area (TPSA) is 85.0 Å². The molecule has 19 heavy (non-hydrogen) atoms. The molecule has 2 aromatic rings. The number of aromatic nitrogens is 3. The first-order chi connectivity index (χ1) is 9.10. The normalized spacial score (nSPS) is 10.4. The van der Waals surface area contributed by atoms with Crippen molar-refractivity contribution >= 4 is 22.4 Å². The number of hydrogen-bond donors (Lipinski definition) is 1. The minimum Gasteiger partial charge on any atom is -0.374 e. The standard InChI is InChI=1S/C12H15N5OS/c1-3-17(7-9-6-4-5-8(2)14-9)11(18)10-15-16-12(13)19-10/h4-6H,3,7H2,1-2H3,(H2,13,16). The zero-order valence-electron chi connectivity index (χ0n) is 10.8. The Bertz CT molecular complexity index is 583. The number of nitrogens with zero attached hydrogens (tertiary/aromatic N) is 4. The van der Waals surface area contributed by atoms with Crippen molar-refractivity contribution in [3.05, 3.63) is 34.6 Å². The third-order valence-electron chi connectivity index (χ3n) is 2.59. The molecule has 100 valence electrons. The van der Waals surface area contributed by atoms with E-state index >= 15 is 0 Å². The maximum Gasteiger partial charge on any atom is 0.285 e. The Kier molecular flexibility index (Phi) is 4.06. The lowest BCUT2D eigenvalue weighted by Crippen LogP contribution is -2.30. The van der Waals surface area contributed by atoms with Crippen LogP contribution in [-0.2, 0) is 6.54 Å². The van der Waals surface area contributed by atoms with E-state index in [4.69, 9.17) is 5.73 Å². The lowest BCUT2D eigenvalue weighted by Gasteiger charge is -2.18. The second-order valence-electron chi connectivity index (χ2n) is 4.04. The first-order valence-corrected chi connectivity index (χ1v) is 6.72. The summed E-state index contributed by atoms with van der Waals surface area (Å²) in [6.45, 7) is 4.87. The maximum atomic E-state index is 12.2. The Morgan fingerprint density at radius 1 is 1.42 bits per heavy atom. The van der Waals surface area contributed by atoms with Crippen molar-refractivity contribution in [3.8, 4) is 0 Å². The molecule has 2 rings (SSSR count). The predicted molar refractivity (Wildman–Crippen MR) is 73.7 cm³/mol. The van der Waals surface area contributed by atoms with Crippen LogP contribution in [0.15, 0.2) is 18.2 Å². The molecule has 0 aliphatic heterocycles. The Morgan fingerprint density at radius 2 is 2.21 bits per heavy atom. The van der Waals surface area contributed by atoms with E-state index in [1.807, 2.05) is 32.0 Å². The van der Waals surface area contributed by atoms with Gasteiger partial charge in [-0.15, -0.1) is 10.2 Å². The van der Waals surface area contributed by atoms with Crippen molar-refractivity contribution in [1.82, 2.24) is 20.1 Å². The summed E-state index contributed by atoms with van der Waals surface area (Å²) in [5.74, 6) is -0.167. The van der Waals surface area contributed by atoms with E-state index in [1.54, 1.807) is 4.90 Å². The van der Waals surface area contributed by atoms with Gasteiger partial charge in [0, 0.05) is 12.2 Å². The largest absolute Gasteiger partial charge is 0.374 e. The molecule has 0 aromatic carbocycles. The lowest BCUT2D eigenvalue weighted by molar-refractivity contribution is 0.0749. The van der Waals surface area contributed by atoms with E-state index < -0.39 is 0 Å². The van der Waals surface area contributed by atoms with Gasteiger partial charge in [-0.05, 0) is 26.0 Å². The Morgan fingerprint density at radius 3 is 2.79 bits per heavy atom. The summed E-state index contributed by atoms with van der Waals surface area (Å²) in [7, 11) is 0. The molecule has 2 N–H and O–H groups in total. The van der Waals surface area contributed by atoms with E-state index in [0.29, 0.717) is 23.2 Å². The second kappa shape index (κ2) is 5.75. The van der Waals surface area contributed by atoms with Crippen LogP contribution in [0.2, 0.25) is 0 Å². The van der Waals surface area contributed by atoms with E-state index in [9.17, 15) is 4.79 Å². The van der Waals surface area contributed by atoms with Crippen LogP contribution in [-0.4, -0.2) is 32.5 Å². The van der Waals surface area contributed by atoms with E-state index in [2.05, 4.69) is 15.2 Å². The molecular formula is C12H15N5OS. The van der Waals surface area contributed by atoms with Crippen molar-refractivity contribution in [3.63, 3.8) is 0 Å². The minimum absolute atomic E-state index is 0.167. The Labute approximate surface area is 115 Å². The van der Waals surface area contributed by atoms with Crippen molar-refractivity contribution in [2.45, 2.75) is 20.4 Å². The molecule has 0 saturated heterocycles. The average Bonchev–Trinajstić information content (AvgIpc) is 2.82. The highest BCUT2D eigenvalue weighted by Crippen LogP contribution is 2.15. The van der Waals surface area contributed by atoms with E-state index in [-0.39, 0.29) is 5.91 Å². The smallest absolute Gasteiger partial charge is 0.285 e. The highest BCUT2D eigenvalue weighted by Gasteiger charge is 2.19. The third kappa shape index (κ3) is 3.25. The SMILES string of the molecule is CCN(Cc1cccc(C)n1)C(=O)c1nnc(N)s1. The molecular weight excluding hydrogens is 262 g/mol. The Balaban J connectivity index is 2.14. The van der Waals surface area contributed by atoms with Gasteiger partial charge in [0.1, 0.15) is 0 Å².